The number of carbonyl (C=O) groups is 1. The number of fused-ring (bicyclic) bond motifs is 1. The van der Waals surface area contributed by atoms with E-state index in [0.717, 1.165) is 25.8 Å². The minimum absolute atomic E-state index is 0.240. The number of rotatable bonds is 5. The molecular weight excluding hydrogens is 256 g/mol. The molecule has 3 nitrogen and oxygen atoms in total. The maximum Gasteiger partial charge on any atom is 0.237 e. The minimum atomic E-state index is 0.240. The van der Waals surface area contributed by atoms with Crippen LogP contribution in [0.1, 0.15) is 50.1 Å². The Morgan fingerprint density at radius 2 is 2.37 bits per heavy atom. The Morgan fingerprint density at radius 1 is 1.58 bits per heavy atom. The van der Waals surface area contributed by atoms with Crippen LogP contribution in [0.15, 0.2) is 11.4 Å². The molecule has 2 heterocycles. The summed E-state index contributed by atoms with van der Waals surface area (Å²) < 4.78 is 0. The lowest BCUT2D eigenvalue weighted by molar-refractivity contribution is -0.133. The fourth-order valence-electron chi connectivity index (χ4n) is 2.64. The molecule has 0 aliphatic carbocycles. The summed E-state index contributed by atoms with van der Waals surface area (Å²) in [4.78, 5) is 15.9. The van der Waals surface area contributed by atoms with Crippen molar-refractivity contribution in [3.05, 3.63) is 21.9 Å². The largest absolute Gasteiger partial charge is 0.334 e. The van der Waals surface area contributed by atoms with Gasteiger partial charge in [0.05, 0.1) is 12.6 Å². The standard InChI is InChI=1S/C15H24N2OS/c1-4-11(3)16-10-15(18)17-8-6-14-12(7-9-19-14)13(17)5-2/h7,9,11,13,16H,4-6,8,10H2,1-3H3. The molecule has 19 heavy (non-hydrogen) atoms. The molecule has 0 saturated heterocycles. The molecule has 0 radical (unpaired) electrons. The molecule has 0 saturated carbocycles. The molecule has 2 atom stereocenters. The zero-order valence-electron chi connectivity index (χ0n) is 12.1. The van der Waals surface area contributed by atoms with Crippen LogP contribution in [0.3, 0.4) is 0 Å². The van der Waals surface area contributed by atoms with Crippen LogP contribution in [0, 0.1) is 0 Å². The molecule has 1 aromatic heterocycles. The average Bonchev–Trinajstić information content (AvgIpc) is 2.91. The van der Waals surface area contributed by atoms with E-state index in [0.29, 0.717) is 12.6 Å². The number of carbonyl (C=O) groups excluding carboxylic acids is 1. The van der Waals surface area contributed by atoms with Gasteiger partial charge in [-0.15, -0.1) is 11.3 Å². The average molecular weight is 280 g/mol. The number of thiophene rings is 1. The monoisotopic (exact) mass is 280 g/mol. The van der Waals surface area contributed by atoms with Gasteiger partial charge in [0, 0.05) is 17.5 Å². The summed E-state index contributed by atoms with van der Waals surface area (Å²) in [6.45, 7) is 7.76. The fourth-order valence-corrected chi connectivity index (χ4v) is 3.57. The zero-order valence-corrected chi connectivity index (χ0v) is 12.9. The quantitative estimate of drug-likeness (QED) is 0.899. The van der Waals surface area contributed by atoms with Crippen molar-refractivity contribution in [1.82, 2.24) is 10.2 Å². The molecule has 1 N–H and O–H groups in total. The summed E-state index contributed by atoms with van der Waals surface area (Å²) in [5, 5.41) is 5.45. The first-order valence-electron chi connectivity index (χ1n) is 7.26. The summed E-state index contributed by atoms with van der Waals surface area (Å²) in [6.07, 6.45) is 3.07. The van der Waals surface area contributed by atoms with Crippen LogP contribution in [0.4, 0.5) is 0 Å². The molecule has 0 spiro atoms. The van der Waals surface area contributed by atoms with Crippen molar-refractivity contribution in [2.45, 2.75) is 52.1 Å². The predicted molar refractivity (Wildman–Crippen MR) is 80.5 cm³/mol. The van der Waals surface area contributed by atoms with Gasteiger partial charge in [-0.25, -0.2) is 0 Å². The van der Waals surface area contributed by atoms with Crippen LogP contribution < -0.4 is 5.32 Å². The highest BCUT2D eigenvalue weighted by atomic mass is 32.1. The third-order valence-corrected chi connectivity index (χ3v) is 5.01. The van der Waals surface area contributed by atoms with Gasteiger partial charge in [0.2, 0.25) is 5.91 Å². The van der Waals surface area contributed by atoms with Gasteiger partial charge in [-0.05, 0) is 43.2 Å². The number of nitrogens with one attached hydrogen (secondary N) is 1. The molecule has 106 valence electrons. The van der Waals surface area contributed by atoms with Crippen molar-refractivity contribution >= 4 is 17.2 Å². The van der Waals surface area contributed by atoms with Gasteiger partial charge in [-0.2, -0.15) is 0 Å². The number of hydrogen-bond donors (Lipinski definition) is 1. The van der Waals surface area contributed by atoms with Gasteiger partial charge in [0.1, 0.15) is 0 Å². The Hall–Kier alpha value is -0.870. The van der Waals surface area contributed by atoms with E-state index >= 15 is 0 Å². The topological polar surface area (TPSA) is 32.3 Å². The Kier molecular flexibility index (Phi) is 4.99. The maximum absolute atomic E-state index is 12.4. The highest BCUT2D eigenvalue weighted by Crippen LogP contribution is 2.35. The van der Waals surface area contributed by atoms with Crippen LogP contribution >= 0.6 is 11.3 Å². The second-order valence-electron chi connectivity index (χ2n) is 5.25. The van der Waals surface area contributed by atoms with Gasteiger partial charge >= 0.3 is 0 Å². The van der Waals surface area contributed by atoms with Gasteiger partial charge in [-0.3, -0.25) is 4.79 Å². The van der Waals surface area contributed by atoms with E-state index in [1.54, 1.807) is 0 Å². The van der Waals surface area contributed by atoms with E-state index in [4.69, 9.17) is 0 Å². The molecule has 2 rings (SSSR count). The summed E-state index contributed by atoms with van der Waals surface area (Å²) >= 11 is 1.83. The molecule has 4 heteroatoms. The second kappa shape index (κ2) is 6.53. The smallest absolute Gasteiger partial charge is 0.237 e. The van der Waals surface area contributed by atoms with E-state index < -0.39 is 0 Å². The molecule has 1 aliphatic rings. The maximum atomic E-state index is 12.4. The lowest BCUT2D eigenvalue weighted by Gasteiger charge is -2.35. The third-order valence-electron chi connectivity index (χ3n) is 4.02. The van der Waals surface area contributed by atoms with Crippen molar-refractivity contribution in [3.63, 3.8) is 0 Å². The van der Waals surface area contributed by atoms with Crippen LogP contribution in [0.25, 0.3) is 0 Å². The van der Waals surface area contributed by atoms with E-state index in [-0.39, 0.29) is 11.9 Å². The predicted octanol–water partition coefficient (Wildman–Crippen LogP) is 2.97. The molecular formula is C15H24N2OS. The van der Waals surface area contributed by atoms with E-state index in [9.17, 15) is 4.79 Å². The summed E-state index contributed by atoms with van der Waals surface area (Å²) in [6, 6.07) is 2.88. The van der Waals surface area contributed by atoms with Gasteiger partial charge in [0.25, 0.3) is 0 Å². The summed E-state index contributed by atoms with van der Waals surface area (Å²) in [7, 11) is 0. The van der Waals surface area contributed by atoms with E-state index in [1.165, 1.54) is 10.4 Å². The van der Waals surface area contributed by atoms with Crippen molar-refractivity contribution in [2.24, 2.45) is 0 Å². The van der Waals surface area contributed by atoms with E-state index in [2.05, 4.69) is 42.4 Å². The molecule has 1 aliphatic heterocycles. The Bertz CT molecular complexity index is 430. The minimum Gasteiger partial charge on any atom is -0.334 e. The fraction of sp³-hybridized carbons (Fsp3) is 0.667. The van der Waals surface area contributed by atoms with Crippen molar-refractivity contribution in [3.8, 4) is 0 Å². The first-order chi connectivity index (χ1) is 9.17. The first kappa shape index (κ1) is 14.5. The van der Waals surface area contributed by atoms with Crippen LogP contribution in [-0.4, -0.2) is 29.9 Å². The second-order valence-corrected chi connectivity index (χ2v) is 6.25. The summed E-state index contributed by atoms with van der Waals surface area (Å²) in [5.74, 6) is 0.240. The molecule has 2 unspecified atom stereocenters. The first-order valence-corrected chi connectivity index (χ1v) is 8.14. The number of hydrogen-bond acceptors (Lipinski definition) is 3. The van der Waals surface area contributed by atoms with Crippen LogP contribution in [0.5, 0.6) is 0 Å². The van der Waals surface area contributed by atoms with Crippen molar-refractivity contribution < 1.29 is 4.79 Å². The lowest BCUT2D eigenvalue weighted by atomic mass is 9.98. The lowest BCUT2D eigenvalue weighted by Crippen LogP contribution is -2.45. The SMILES string of the molecule is CCC(C)NCC(=O)N1CCc2sccc2C1CC. The third kappa shape index (κ3) is 3.18. The normalized spacial score (nSPS) is 20.2. The molecule has 0 bridgehead atoms. The zero-order chi connectivity index (χ0) is 13.8. The van der Waals surface area contributed by atoms with Crippen molar-refractivity contribution in [2.75, 3.05) is 13.1 Å². The van der Waals surface area contributed by atoms with Gasteiger partial charge in [0.15, 0.2) is 0 Å². The molecule has 0 fully saturated rings. The Morgan fingerprint density at radius 3 is 3.05 bits per heavy atom. The number of amides is 1. The van der Waals surface area contributed by atoms with Gasteiger partial charge in [-0.1, -0.05) is 13.8 Å². The highest BCUT2D eigenvalue weighted by Gasteiger charge is 2.29. The molecule has 1 amide bonds. The summed E-state index contributed by atoms with van der Waals surface area (Å²) in [5.41, 5.74) is 1.37. The van der Waals surface area contributed by atoms with E-state index in [1.807, 2.05) is 11.3 Å². The Balaban J connectivity index is 2.02. The molecule has 0 aromatic carbocycles. The number of nitrogens with zero attached hydrogens (tertiary/aromatic N) is 1. The van der Waals surface area contributed by atoms with Crippen molar-refractivity contribution in [1.29, 1.82) is 0 Å². The molecule has 1 aromatic rings. The van der Waals surface area contributed by atoms with Gasteiger partial charge < -0.3 is 10.2 Å². The highest BCUT2D eigenvalue weighted by molar-refractivity contribution is 7.10. The van der Waals surface area contributed by atoms with Crippen LogP contribution in [0.2, 0.25) is 0 Å². The Labute approximate surface area is 120 Å². The van der Waals surface area contributed by atoms with Crippen LogP contribution in [-0.2, 0) is 11.2 Å².